The van der Waals surface area contributed by atoms with Crippen LogP contribution in [0.25, 0.3) is 0 Å². The average molecular weight is 546 g/mol. The SMILES string of the molecule is FC(COCC(F)C(F)(F)C(F)(F)C(F)(F)C(F)(F)F)C(F)(F)C(F)(F)C(F)(F)C(F)(F)F. The molecule has 0 rings (SSSR count). The van der Waals surface area contributed by atoms with Crippen molar-refractivity contribution in [3.05, 3.63) is 0 Å². The quantitative estimate of drug-likeness (QED) is 0.280. The Labute approximate surface area is 167 Å². The smallest absolute Gasteiger partial charge is 0.375 e. The van der Waals surface area contributed by atoms with Crippen LogP contribution in [0.1, 0.15) is 0 Å². The lowest BCUT2D eigenvalue weighted by Crippen LogP contribution is -2.65. The second kappa shape index (κ2) is 8.65. The maximum Gasteiger partial charge on any atom is 0.460 e. The maximum absolute atomic E-state index is 13.1. The Balaban J connectivity index is 5.52. The maximum atomic E-state index is 13.1. The first-order valence-electron chi connectivity index (χ1n) is 7.31. The van der Waals surface area contributed by atoms with Crippen molar-refractivity contribution in [2.75, 3.05) is 13.2 Å². The fourth-order valence-electron chi connectivity index (χ4n) is 1.65. The molecule has 0 aromatic heterocycles. The molecular formula is C12H6F20O. The van der Waals surface area contributed by atoms with E-state index in [9.17, 15) is 87.8 Å². The van der Waals surface area contributed by atoms with Crippen LogP contribution in [0, 0.1) is 0 Å². The summed E-state index contributed by atoms with van der Waals surface area (Å²) >= 11 is 0. The van der Waals surface area contributed by atoms with Gasteiger partial charge in [0.2, 0.25) is 0 Å². The van der Waals surface area contributed by atoms with Crippen LogP contribution in [0.2, 0.25) is 0 Å². The summed E-state index contributed by atoms with van der Waals surface area (Å²) in [5, 5.41) is 0. The van der Waals surface area contributed by atoms with Crippen LogP contribution < -0.4 is 0 Å². The number of alkyl halides is 20. The van der Waals surface area contributed by atoms with Crippen molar-refractivity contribution in [1.82, 2.24) is 0 Å². The van der Waals surface area contributed by atoms with Crippen molar-refractivity contribution in [3.8, 4) is 0 Å². The zero-order chi connectivity index (χ0) is 27.3. The minimum absolute atomic E-state index is 3.01. The van der Waals surface area contributed by atoms with Gasteiger partial charge in [-0.3, -0.25) is 0 Å². The second-order valence-electron chi connectivity index (χ2n) is 6.01. The van der Waals surface area contributed by atoms with Crippen molar-refractivity contribution in [3.63, 3.8) is 0 Å². The predicted octanol–water partition coefficient (Wildman–Crippen LogP) is 6.62. The largest absolute Gasteiger partial charge is 0.460 e. The lowest BCUT2D eigenvalue weighted by molar-refractivity contribution is -0.406. The number of ether oxygens (including phenoxy) is 1. The zero-order valence-electron chi connectivity index (χ0n) is 14.5. The van der Waals surface area contributed by atoms with Gasteiger partial charge in [-0.2, -0.15) is 79.0 Å². The highest BCUT2D eigenvalue weighted by Crippen LogP contribution is 2.56. The van der Waals surface area contributed by atoms with E-state index in [4.69, 9.17) is 0 Å². The van der Waals surface area contributed by atoms with E-state index >= 15 is 0 Å². The predicted molar refractivity (Wildman–Crippen MR) is 62.4 cm³/mol. The Hall–Kier alpha value is -1.44. The molecule has 0 spiro atoms. The molecule has 0 aromatic rings. The normalized spacial score (nSPS) is 17.8. The van der Waals surface area contributed by atoms with Crippen LogP contribution >= 0.6 is 0 Å². The highest BCUT2D eigenvalue weighted by Gasteiger charge is 2.84. The molecule has 1 nitrogen and oxygen atoms in total. The van der Waals surface area contributed by atoms with E-state index < -0.39 is 73.4 Å². The molecule has 0 aliphatic rings. The monoisotopic (exact) mass is 546 g/mol. The molecule has 0 aliphatic carbocycles. The molecule has 0 saturated heterocycles. The van der Waals surface area contributed by atoms with Gasteiger partial charge in [0.15, 0.2) is 12.3 Å². The van der Waals surface area contributed by atoms with Gasteiger partial charge in [0.1, 0.15) is 0 Å². The van der Waals surface area contributed by atoms with Crippen molar-refractivity contribution >= 4 is 0 Å². The van der Waals surface area contributed by atoms with Gasteiger partial charge in [-0.05, 0) is 0 Å². The van der Waals surface area contributed by atoms with Crippen molar-refractivity contribution in [2.45, 2.75) is 60.2 Å². The number of hydrogen-bond donors (Lipinski definition) is 0. The third kappa shape index (κ3) is 5.01. The summed E-state index contributed by atoms with van der Waals surface area (Å²) in [4.78, 5) is 0. The average Bonchev–Trinajstić information content (AvgIpc) is 2.58. The summed E-state index contributed by atoms with van der Waals surface area (Å²) in [5.74, 6) is -44.5. The van der Waals surface area contributed by atoms with Gasteiger partial charge in [0.25, 0.3) is 0 Å². The molecular weight excluding hydrogens is 540 g/mol. The minimum atomic E-state index is -7.62. The lowest BCUT2D eigenvalue weighted by atomic mass is 9.99. The molecule has 0 bridgehead atoms. The molecule has 0 N–H and O–H groups in total. The van der Waals surface area contributed by atoms with Gasteiger partial charge >= 0.3 is 47.9 Å². The summed E-state index contributed by atoms with van der Waals surface area (Å²) in [6.45, 7) is -6.01. The minimum Gasteiger partial charge on any atom is -0.375 e. The first kappa shape index (κ1) is 31.6. The van der Waals surface area contributed by atoms with E-state index in [1.807, 2.05) is 0 Å². The molecule has 21 heteroatoms. The van der Waals surface area contributed by atoms with Crippen LogP contribution in [-0.2, 0) is 4.74 Å². The van der Waals surface area contributed by atoms with E-state index in [2.05, 4.69) is 4.74 Å². The van der Waals surface area contributed by atoms with E-state index in [1.165, 1.54) is 0 Å². The van der Waals surface area contributed by atoms with E-state index in [-0.39, 0.29) is 0 Å². The summed E-state index contributed by atoms with van der Waals surface area (Å²) in [6.07, 6.45) is -24.8. The molecule has 2 atom stereocenters. The second-order valence-corrected chi connectivity index (χ2v) is 6.01. The summed E-state index contributed by atoms with van der Waals surface area (Å²) < 4.78 is 255. The van der Waals surface area contributed by atoms with Crippen LogP contribution in [0.5, 0.6) is 0 Å². The van der Waals surface area contributed by atoms with Gasteiger partial charge in [0, 0.05) is 0 Å². The first-order valence-corrected chi connectivity index (χ1v) is 7.31. The van der Waals surface area contributed by atoms with Crippen LogP contribution in [-0.4, -0.2) is 73.4 Å². The molecule has 0 aromatic carbocycles. The third-order valence-electron chi connectivity index (χ3n) is 3.65. The van der Waals surface area contributed by atoms with Gasteiger partial charge in [0.05, 0.1) is 13.2 Å². The van der Waals surface area contributed by atoms with Crippen molar-refractivity contribution < 1.29 is 92.5 Å². The van der Waals surface area contributed by atoms with Gasteiger partial charge < -0.3 is 4.74 Å². The van der Waals surface area contributed by atoms with Crippen LogP contribution in [0.3, 0.4) is 0 Å². The van der Waals surface area contributed by atoms with E-state index in [0.29, 0.717) is 0 Å². The Kier molecular flexibility index (Phi) is 8.27. The number of hydrogen-bond acceptors (Lipinski definition) is 1. The highest BCUT2D eigenvalue weighted by molar-refractivity contribution is 5.05. The first-order chi connectivity index (χ1) is 14.0. The van der Waals surface area contributed by atoms with Crippen molar-refractivity contribution in [2.24, 2.45) is 0 Å². The fourth-order valence-corrected chi connectivity index (χ4v) is 1.65. The fraction of sp³-hybridized carbons (Fsp3) is 1.00. The number of rotatable bonds is 10. The third-order valence-corrected chi connectivity index (χ3v) is 3.65. The Morgan fingerprint density at radius 2 is 0.606 bits per heavy atom. The van der Waals surface area contributed by atoms with Gasteiger partial charge in [-0.25, -0.2) is 8.78 Å². The molecule has 0 heterocycles. The Bertz CT molecular complexity index is 603. The Morgan fingerprint density at radius 1 is 0.394 bits per heavy atom. The molecule has 0 saturated carbocycles. The topological polar surface area (TPSA) is 9.23 Å². The molecule has 0 radical (unpaired) electrons. The lowest BCUT2D eigenvalue weighted by Gasteiger charge is -2.35. The molecule has 0 amide bonds. The Morgan fingerprint density at radius 3 is 0.788 bits per heavy atom. The van der Waals surface area contributed by atoms with Crippen molar-refractivity contribution in [1.29, 1.82) is 0 Å². The molecule has 33 heavy (non-hydrogen) atoms. The van der Waals surface area contributed by atoms with Crippen LogP contribution in [0.15, 0.2) is 0 Å². The molecule has 0 aliphatic heterocycles. The summed E-state index contributed by atoms with van der Waals surface area (Å²) in [6, 6.07) is 0. The zero-order valence-corrected chi connectivity index (χ0v) is 14.5. The molecule has 2 unspecified atom stereocenters. The van der Waals surface area contributed by atoms with Gasteiger partial charge in [-0.15, -0.1) is 0 Å². The van der Waals surface area contributed by atoms with Gasteiger partial charge in [-0.1, -0.05) is 0 Å². The van der Waals surface area contributed by atoms with E-state index in [0.717, 1.165) is 0 Å². The highest BCUT2D eigenvalue weighted by atomic mass is 19.4. The summed E-state index contributed by atoms with van der Waals surface area (Å²) in [7, 11) is 0. The molecule has 200 valence electrons. The molecule has 0 fully saturated rings. The standard InChI is InChI=1S/C12H6F20O/c13-3(5(15,16)7(19,20)9(23,24)11(27,28)29)1-33-2-4(14)6(17,18)8(21,22)10(25,26)12(30,31)32/h3-4H,1-2H2. The summed E-state index contributed by atoms with van der Waals surface area (Å²) in [5.41, 5.74) is 0. The van der Waals surface area contributed by atoms with Crippen LogP contribution in [0.4, 0.5) is 87.8 Å². The van der Waals surface area contributed by atoms with E-state index in [1.54, 1.807) is 0 Å². The number of halogens is 20.